The third-order valence-corrected chi connectivity index (χ3v) is 3.48. The first kappa shape index (κ1) is 14.8. The van der Waals surface area contributed by atoms with E-state index in [1.54, 1.807) is 11.6 Å². The van der Waals surface area contributed by atoms with Gasteiger partial charge in [-0.25, -0.2) is 13.5 Å². The highest BCUT2D eigenvalue weighted by Crippen LogP contribution is 2.30. The number of hydrogen-bond acceptors (Lipinski definition) is 3. The molecule has 0 spiro atoms. The van der Waals surface area contributed by atoms with Crippen LogP contribution < -0.4 is 11.1 Å². The van der Waals surface area contributed by atoms with Gasteiger partial charge < -0.3 is 11.1 Å². The van der Waals surface area contributed by atoms with E-state index in [0.29, 0.717) is 23.7 Å². The van der Waals surface area contributed by atoms with Crippen molar-refractivity contribution in [3.8, 4) is 0 Å². The first-order valence-corrected chi connectivity index (χ1v) is 6.97. The van der Waals surface area contributed by atoms with E-state index in [1.807, 2.05) is 6.92 Å². The van der Waals surface area contributed by atoms with Crippen molar-refractivity contribution < 1.29 is 8.78 Å². The van der Waals surface area contributed by atoms with Crippen LogP contribution in [0.15, 0.2) is 16.6 Å². The number of nitrogen functional groups attached to an aromatic ring is 1. The molecule has 0 amide bonds. The van der Waals surface area contributed by atoms with Gasteiger partial charge in [-0.15, -0.1) is 0 Å². The van der Waals surface area contributed by atoms with Crippen LogP contribution in [0.25, 0.3) is 0 Å². The number of benzene rings is 1. The summed E-state index contributed by atoms with van der Waals surface area (Å²) in [5.74, 6) is -0.826. The summed E-state index contributed by atoms with van der Waals surface area (Å²) in [5.41, 5.74) is 7.21. The smallest absolute Gasteiger partial charge is 0.152 e. The second kappa shape index (κ2) is 5.78. The molecule has 3 N–H and O–H groups in total. The molecule has 1 aromatic carbocycles. The van der Waals surface area contributed by atoms with E-state index in [2.05, 4.69) is 26.3 Å². The fourth-order valence-corrected chi connectivity index (χ4v) is 2.19. The van der Waals surface area contributed by atoms with Gasteiger partial charge in [-0.1, -0.05) is 6.92 Å². The normalized spacial score (nSPS) is 10.8. The largest absolute Gasteiger partial charge is 0.394 e. The highest BCUT2D eigenvalue weighted by atomic mass is 79.9. The predicted molar refractivity (Wildman–Crippen MR) is 79.0 cm³/mol. The summed E-state index contributed by atoms with van der Waals surface area (Å²) in [6.45, 7) is 4.44. The summed E-state index contributed by atoms with van der Waals surface area (Å²) >= 11 is 3.03. The molecule has 0 bridgehead atoms. The third kappa shape index (κ3) is 2.77. The molecule has 0 saturated heterocycles. The lowest BCUT2D eigenvalue weighted by atomic mass is 10.3. The van der Waals surface area contributed by atoms with Crippen LogP contribution in [0.1, 0.15) is 19.0 Å². The first-order chi connectivity index (χ1) is 9.43. The lowest BCUT2D eigenvalue weighted by molar-refractivity contribution is 0.580. The molecule has 108 valence electrons. The monoisotopic (exact) mass is 344 g/mol. The van der Waals surface area contributed by atoms with Crippen LogP contribution in [-0.4, -0.2) is 9.78 Å². The fourth-order valence-electron chi connectivity index (χ4n) is 1.85. The second-order valence-corrected chi connectivity index (χ2v) is 5.30. The maximum atomic E-state index is 13.8. The summed E-state index contributed by atoms with van der Waals surface area (Å²) in [6, 6.07) is 2.15. The van der Waals surface area contributed by atoms with Gasteiger partial charge in [-0.05, 0) is 35.3 Å². The van der Waals surface area contributed by atoms with Crippen molar-refractivity contribution in [2.24, 2.45) is 0 Å². The van der Waals surface area contributed by atoms with Crippen LogP contribution in [0.2, 0.25) is 0 Å². The number of rotatable bonds is 4. The molecule has 0 aliphatic heterocycles. The Kier molecular flexibility index (Phi) is 4.27. The van der Waals surface area contributed by atoms with Crippen LogP contribution in [0.4, 0.5) is 26.0 Å². The maximum Gasteiger partial charge on any atom is 0.152 e. The number of halogens is 3. The van der Waals surface area contributed by atoms with Gasteiger partial charge in [0.15, 0.2) is 5.82 Å². The summed E-state index contributed by atoms with van der Waals surface area (Å²) in [7, 11) is 0. The first-order valence-electron chi connectivity index (χ1n) is 6.18. The van der Waals surface area contributed by atoms with Gasteiger partial charge in [0.05, 0.1) is 21.5 Å². The molecule has 0 radical (unpaired) electrons. The number of anilines is 3. The molecule has 2 rings (SSSR count). The van der Waals surface area contributed by atoms with E-state index >= 15 is 0 Å². The van der Waals surface area contributed by atoms with Crippen molar-refractivity contribution in [1.29, 1.82) is 0 Å². The zero-order chi connectivity index (χ0) is 14.9. The van der Waals surface area contributed by atoms with E-state index in [4.69, 9.17) is 5.73 Å². The average Bonchev–Trinajstić information content (AvgIpc) is 2.64. The molecule has 0 saturated carbocycles. The minimum atomic E-state index is -0.688. The second-order valence-electron chi connectivity index (χ2n) is 4.44. The summed E-state index contributed by atoms with van der Waals surface area (Å²) in [6.07, 6.45) is 0.866. The molecule has 0 fully saturated rings. The summed E-state index contributed by atoms with van der Waals surface area (Å²) in [4.78, 5) is 0. The van der Waals surface area contributed by atoms with Crippen LogP contribution in [-0.2, 0) is 6.54 Å². The molecule has 2 aromatic rings. The van der Waals surface area contributed by atoms with Gasteiger partial charge in [0, 0.05) is 12.6 Å². The van der Waals surface area contributed by atoms with Crippen LogP contribution >= 0.6 is 15.9 Å². The fraction of sp³-hybridized carbons (Fsp3) is 0.308. The van der Waals surface area contributed by atoms with E-state index < -0.39 is 11.6 Å². The predicted octanol–water partition coefficient (Wildman–Crippen LogP) is 3.97. The standard InChI is InChI=1S/C13H15BrF2N4/c1-3-4-20-13(12(17)7(2)19-20)18-11-5-8(14)9(15)6-10(11)16/h5-6,18H,3-4,17H2,1-2H3. The van der Waals surface area contributed by atoms with Crippen molar-refractivity contribution in [3.05, 3.63) is 33.9 Å². The number of nitrogens with zero attached hydrogens (tertiary/aromatic N) is 2. The number of hydrogen-bond donors (Lipinski definition) is 2. The quantitative estimate of drug-likeness (QED) is 0.825. The van der Waals surface area contributed by atoms with Gasteiger partial charge >= 0.3 is 0 Å². The minimum absolute atomic E-state index is 0.141. The average molecular weight is 345 g/mol. The van der Waals surface area contributed by atoms with Crippen LogP contribution in [0.5, 0.6) is 0 Å². The Hall–Kier alpha value is -1.63. The van der Waals surface area contributed by atoms with Crippen molar-refractivity contribution in [3.63, 3.8) is 0 Å². The SMILES string of the molecule is CCCn1nc(C)c(N)c1Nc1cc(Br)c(F)cc1F. The molecular weight excluding hydrogens is 330 g/mol. The van der Waals surface area contributed by atoms with E-state index in [1.165, 1.54) is 6.07 Å². The van der Waals surface area contributed by atoms with E-state index in [0.717, 1.165) is 12.5 Å². The third-order valence-electron chi connectivity index (χ3n) is 2.87. The molecule has 7 heteroatoms. The highest BCUT2D eigenvalue weighted by molar-refractivity contribution is 9.10. The number of aryl methyl sites for hydroxylation is 2. The van der Waals surface area contributed by atoms with Crippen LogP contribution in [0.3, 0.4) is 0 Å². The Labute approximate surface area is 124 Å². The van der Waals surface area contributed by atoms with Gasteiger partial charge in [0.25, 0.3) is 0 Å². The zero-order valence-electron chi connectivity index (χ0n) is 11.2. The zero-order valence-corrected chi connectivity index (χ0v) is 12.8. The lowest BCUT2D eigenvalue weighted by Gasteiger charge is -2.11. The lowest BCUT2D eigenvalue weighted by Crippen LogP contribution is -2.07. The highest BCUT2D eigenvalue weighted by Gasteiger charge is 2.15. The maximum absolute atomic E-state index is 13.8. The topological polar surface area (TPSA) is 55.9 Å². The Morgan fingerprint density at radius 2 is 2.05 bits per heavy atom. The molecule has 0 aliphatic carbocycles. The Bertz CT molecular complexity index is 640. The number of aromatic nitrogens is 2. The van der Waals surface area contributed by atoms with Crippen molar-refractivity contribution >= 4 is 33.1 Å². The summed E-state index contributed by atoms with van der Waals surface area (Å²) in [5, 5.41) is 7.17. The van der Waals surface area contributed by atoms with Gasteiger partial charge in [0.2, 0.25) is 0 Å². The molecular formula is C13H15BrF2N4. The molecule has 0 aliphatic rings. The van der Waals surface area contributed by atoms with Crippen molar-refractivity contribution in [2.75, 3.05) is 11.1 Å². The Morgan fingerprint density at radius 3 is 2.70 bits per heavy atom. The van der Waals surface area contributed by atoms with Gasteiger partial charge in [-0.3, -0.25) is 0 Å². The molecule has 0 atom stereocenters. The Balaban J connectivity index is 2.42. The molecule has 1 heterocycles. The molecule has 20 heavy (non-hydrogen) atoms. The summed E-state index contributed by atoms with van der Waals surface area (Å²) < 4.78 is 28.9. The van der Waals surface area contributed by atoms with Crippen molar-refractivity contribution in [1.82, 2.24) is 9.78 Å². The van der Waals surface area contributed by atoms with Crippen molar-refractivity contribution in [2.45, 2.75) is 26.8 Å². The van der Waals surface area contributed by atoms with Gasteiger partial charge in [-0.2, -0.15) is 5.10 Å². The minimum Gasteiger partial charge on any atom is -0.394 e. The number of nitrogens with two attached hydrogens (primary N) is 1. The molecule has 4 nitrogen and oxygen atoms in total. The van der Waals surface area contributed by atoms with E-state index in [-0.39, 0.29) is 10.2 Å². The van der Waals surface area contributed by atoms with Gasteiger partial charge in [0.1, 0.15) is 11.6 Å². The van der Waals surface area contributed by atoms with Crippen LogP contribution in [0, 0.1) is 18.6 Å². The molecule has 1 aromatic heterocycles. The number of nitrogens with one attached hydrogen (secondary N) is 1. The Morgan fingerprint density at radius 1 is 1.35 bits per heavy atom. The molecule has 0 unspecified atom stereocenters. The van der Waals surface area contributed by atoms with E-state index in [9.17, 15) is 8.78 Å².